The molecule has 0 bridgehead atoms. The number of hydrogen-bond donors (Lipinski definition) is 2. The van der Waals surface area contributed by atoms with Crippen LogP contribution in [0.25, 0.3) is 0 Å². The normalized spacial score (nSPS) is 10.6. The van der Waals surface area contributed by atoms with Gasteiger partial charge in [0.1, 0.15) is 0 Å². The lowest BCUT2D eigenvalue weighted by Crippen LogP contribution is -2.28. The number of nitrogens with zero attached hydrogens (tertiary/aromatic N) is 1. The molecule has 0 aliphatic carbocycles. The average Bonchev–Trinajstić information content (AvgIpc) is 2.72. The number of carbonyl (C=O) groups is 2. The number of carboxylic acids is 1. The Kier molecular flexibility index (Phi) is 6.11. The third-order valence-electron chi connectivity index (χ3n) is 4.47. The molecule has 3 aromatic rings. The van der Waals surface area contributed by atoms with Gasteiger partial charge in [-0.2, -0.15) is 4.39 Å². The molecule has 6 heteroatoms. The molecular weight excluding hydrogens is 359 g/mol. The molecule has 5 nitrogen and oxygen atoms in total. The molecule has 0 unspecified atom stereocenters. The Morgan fingerprint density at radius 2 is 1.54 bits per heavy atom. The minimum Gasteiger partial charge on any atom is -0.478 e. The summed E-state index contributed by atoms with van der Waals surface area (Å²) in [4.78, 5) is 27.0. The van der Waals surface area contributed by atoms with Gasteiger partial charge in [0.25, 0.3) is 5.91 Å². The molecule has 0 aliphatic rings. The van der Waals surface area contributed by atoms with E-state index in [2.05, 4.69) is 10.3 Å². The van der Waals surface area contributed by atoms with Gasteiger partial charge in [0, 0.05) is 24.7 Å². The SMILES string of the molecule is O=C(O)c1cc(F)ncc1C(=O)NCCC(c1ccccc1)c1ccccc1. The number of pyridine rings is 1. The predicted molar refractivity (Wildman–Crippen MR) is 103 cm³/mol. The number of aromatic nitrogens is 1. The number of carboxylic acid groups (broad SMARTS) is 1. The lowest BCUT2D eigenvalue weighted by Gasteiger charge is -2.18. The molecule has 0 saturated carbocycles. The number of hydrogen-bond acceptors (Lipinski definition) is 3. The summed E-state index contributed by atoms with van der Waals surface area (Å²) < 4.78 is 13.2. The molecule has 0 radical (unpaired) electrons. The first-order valence-electron chi connectivity index (χ1n) is 8.83. The quantitative estimate of drug-likeness (QED) is 0.612. The molecule has 0 atom stereocenters. The van der Waals surface area contributed by atoms with Crippen molar-refractivity contribution in [3.05, 3.63) is 101 Å². The highest BCUT2D eigenvalue weighted by Gasteiger charge is 2.19. The fourth-order valence-electron chi connectivity index (χ4n) is 3.11. The van der Waals surface area contributed by atoms with Crippen molar-refractivity contribution < 1.29 is 19.1 Å². The van der Waals surface area contributed by atoms with Crippen LogP contribution in [0.15, 0.2) is 72.9 Å². The van der Waals surface area contributed by atoms with Crippen molar-refractivity contribution in [3.8, 4) is 0 Å². The van der Waals surface area contributed by atoms with Gasteiger partial charge in [-0.25, -0.2) is 9.78 Å². The van der Waals surface area contributed by atoms with Gasteiger partial charge in [-0.05, 0) is 17.5 Å². The summed E-state index contributed by atoms with van der Waals surface area (Å²) in [6, 6.07) is 20.6. The standard InChI is InChI=1S/C22H19FN2O3/c23-20-13-18(22(27)28)19(14-25-20)21(26)24-12-11-17(15-7-3-1-4-8-15)16-9-5-2-6-10-16/h1-10,13-14,17H,11-12H2,(H,24,26)(H,27,28). The van der Waals surface area contributed by atoms with Crippen LogP contribution >= 0.6 is 0 Å². The molecule has 3 rings (SSSR count). The van der Waals surface area contributed by atoms with Crippen molar-refractivity contribution >= 4 is 11.9 Å². The zero-order valence-corrected chi connectivity index (χ0v) is 15.0. The topological polar surface area (TPSA) is 79.3 Å². The van der Waals surface area contributed by atoms with Gasteiger partial charge >= 0.3 is 5.97 Å². The Morgan fingerprint density at radius 3 is 2.07 bits per heavy atom. The van der Waals surface area contributed by atoms with Crippen LogP contribution in [-0.4, -0.2) is 28.5 Å². The van der Waals surface area contributed by atoms with Crippen molar-refractivity contribution in [2.75, 3.05) is 6.54 Å². The van der Waals surface area contributed by atoms with E-state index in [0.29, 0.717) is 13.0 Å². The van der Waals surface area contributed by atoms with Crippen molar-refractivity contribution in [1.82, 2.24) is 10.3 Å². The highest BCUT2D eigenvalue weighted by Crippen LogP contribution is 2.27. The van der Waals surface area contributed by atoms with Gasteiger partial charge in [-0.3, -0.25) is 4.79 Å². The van der Waals surface area contributed by atoms with Gasteiger partial charge < -0.3 is 10.4 Å². The zero-order valence-electron chi connectivity index (χ0n) is 15.0. The van der Waals surface area contributed by atoms with Crippen LogP contribution in [-0.2, 0) is 0 Å². The van der Waals surface area contributed by atoms with Crippen LogP contribution in [0.1, 0.15) is 44.2 Å². The Balaban J connectivity index is 1.73. The minimum absolute atomic E-state index is 0.0768. The van der Waals surface area contributed by atoms with Crippen molar-refractivity contribution in [1.29, 1.82) is 0 Å². The molecule has 1 heterocycles. The lowest BCUT2D eigenvalue weighted by molar-refractivity contribution is 0.0690. The van der Waals surface area contributed by atoms with Crippen molar-refractivity contribution in [2.45, 2.75) is 12.3 Å². The zero-order chi connectivity index (χ0) is 19.9. The molecule has 0 aliphatic heterocycles. The molecule has 0 spiro atoms. The number of amides is 1. The fraction of sp³-hybridized carbons (Fsp3) is 0.136. The third-order valence-corrected chi connectivity index (χ3v) is 4.47. The van der Waals surface area contributed by atoms with E-state index in [-0.39, 0.29) is 11.5 Å². The summed E-state index contributed by atoms with van der Waals surface area (Å²) in [5, 5.41) is 11.9. The van der Waals surface area contributed by atoms with Crippen molar-refractivity contribution in [2.24, 2.45) is 0 Å². The van der Waals surface area contributed by atoms with Crippen LogP contribution in [0.3, 0.4) is 0 Å². The molecule has 1 amide bonds. The average molecular weight is 378 g/mol. The highest BCUT2D eigenvalue weighted by atomic mass is 19.1. The number of nitrogens with one attached hydrogen (secondary N) is 1. The van der Waals surface area contributed by atoms with E-state index < -0.39 is 23.4 Å². The van der Waals surface area contributed by atoms with E-state index in [1.807, 2.05) is 60.7 Å². The number of rotatable bonds is 7. The number of aromatic carboxylic acids is 1. The maximum Gasteiger partial charge on any atom is 0.336 e. The summed E-state index contributed by atoms with van der Waals surface area (Å²) in [6.45, 7) is 0.323. The van der Waals surface area contributed by atoms with Gasteiger partial charge in [0.15, 0.2) is 0 Å². The Labute approximate surface area is 161 Å². The van der Waals surface area contributed by atoms with Gasteiger partial charge in [-0.15, -0.1) is 0 Å². The van der Waals surface area contributed by atoms with E-state index in [9.17, 15) is 19.1 Å². The first-order valence-corrected chi connectivity index (χ1v) is 8.83. The Bertz CT molecular complexity index is 923. The van der Waals surface area contributed by atoms with Gasteiger partial charge in [0.05, 0.1) is 11.1 Å². The summed E-state index contributed by atoms with van der Waals surface area (Å²) in [6.07, 6.45) is 1.57. The maximum atomic E-state index is 13.2. The van der Waals surface area contributed by atoms with Crippen molar-refractivity contribution in [3.63, 3.8) is 0 Å². The molecule has 1 aromatic heterocycles. The molecular formula is C22H19FN2O3. The summed E-state index contributed by atoms with van der Waals surface area (Å²) in [7, 11) is 0. The summed E-state index contributed by atoms with van der Waals surface area (Å²) in [5.74, 6) is -2.84. The molecule has 28 heavy (non-hydrogen) atoms. The molecule has 0 fully saturated rings. The van der Waals surface area contributed by atoms with E-state index >= 15 is 0 Å². The van der Waals surface area contributed by atoms with Gasteiger partial charge in [-0.1, -0.05) is 60.7 Å². The molecule has 142 valence electrons. The first kappa shape index (κ1) is 19.2. The lowest BCUT2D eigenvalue weighted by atomic mass is 9.88. The van der Waals surface area contributed by atoms with Crippen LogP contribution < -0.4 is 5.32 Å². The van der Waals surface area contributed by atoms with Gasteiger partial charge in [0.2, 0.25) is 5.95 Å². The second-order valence-corrected chi connectivity index (χ2v) is 6.28. The van der Waals surface area contributed by atoms with E-state index in [1.54, 1.807) is 0 Å². The van der Waals surface area contributed by atoms with E-state index in [1.165, 1.54) is 0 Å². The third kappa shape index (κ3) is 4.59. The number of benzene rings is 2. The van der Waals surface area contributed by atoms with E-state index in [4.69, 9.17) is 0 Å². The number of halogens is 1. The van der Waals surface area contributed by atoms with E-state index in [0.717, 1.165) is 23.4 Å². The summed E-state index contributed by atoms with van der Waals surface area (Å²) >= 11 is 0. The number of carbonyl (C=O) groups excluding carboxylic acids is 1. The fourth-order valence-corrected chi connectivity index (χ4v) is 3.11. The maximum absolute atomic E-state index is 13.2. The molecule has 2 aromatic carbocycles. The minimum atomic E-state index is -1.38. The predicted octanol–water partition coefficient (Wildman–Crippen LogP) is 3.87. The molecule has 0 saturated heterocycles. The van der Waals surface area contributed by atoms with Crippen LogP contribution in [0, 0.1) is 5.95 Å². The largest absolute Gasteiger partial charge is 0.478 e. The van der Waals surface area contributed by atoms with Crippen LogP contribution in [0.2, 0.25) is 0 Å². The highest BCUT2D eigenvalue weighted by molar-refractivity contribution is 6.04. The Morgan fingerprint density at radius 1 is 0.964 bits per heavy atom. The smallest absolute Gasteiger partial charge is 0.336 e. The second-order valence-electron chi connectivity index (χ2n) is 6.28. The second kappa shape index (κ2) is 8.90. The van der Waals surface area contributed by atoms with Crippen LogP contribution in [0.5, 0.6) is 0 Å². The van der Waals surface area contributed by atoms with Crippen LogP contribution in [0.4, 0.5) is 4.39 Å². The Hall–Kier alpha value is -3.54. The molecule has 2 N–H and O–H groups in total. The first-order chi connectivity index (χ1) is 13.6. The monoisotopic (exact) mass is 378 g/mol. The summed E-state index contributed by atoms with van der Waals surface area (Å²) in [5.41, 5.74) is 1.67.